The maximum Gasteiger partial charge on any atom is 0.218 e. The Balaban J connectivity index is 1.91. The second-order valence-electron chi connectivity index (χ2n) is 6.10. The van der Waals surface area contributed by atoms with Gasteiger partial charge in [0.05, 0.1) is 12.8 Å². The van der Waals surface area contributed by atoms with E-state index in [-0.39, 0.29) is 5.82 Å². The predicted molar refractivity (Wildman–Crippen MR) is 78.2 cm³/mol. The molecule has 20 heavy (non-hydrogen) atoms. The van der Waals surface area contributed by atoms with Crippen molar-refractivity contribution in [3.8, 4) is 5.88 Å². The minimum atomic E-state index is -0.306. The summed E-state index contributed by atoms with van der Waals surface area (Å²) in [5, 5.41) is 3.31. The molecule has 0 saturated heterocycles. The van der Waals surface area contributed by atoms with Crippen LogP contribution in [0.3, 0.4) is 0 Å². The molecule has 1 N–H and O–H groups in total. The number of aromatic nitrogens is 1. The Labute approximate surface area is 120 Å². The van der Waals surface area contributed by atoms with Gasteiger partial charge in [-0.15, -0.1) is 0 Å². The van der Waals surface area contributed by atoms with Crippen molar-refractivity contribution < 1.29 is 9.13 Å². The molecule has 0 aliphatic heterocycles. The molecule has 0 unspecified atom stereocenters. The van der Waals surface area contributed by atoms with Crippen molar-refractivity contribution in [1.82, 2.24) is 10.3 Å². The second kappa shape index (κ2) is 7.58. The van der Waals surface area contributed by atoms with Crippen LogP contribution in [0.1, 0.15) is 45.1 Å². The summed E-state index contributed by atoms with van der Waals surface area (Å²) in [6.45, 7) is 6.50. The Kier molecular flexibility index (Phi) is 5.77. The number of halogens is 1. The summed E-state index contributed by atoms with van der Waals surface area (Å²) in [5.41, 5.74) is 0.809. The number of rotatable bonds is 7. The molecule has 1 aliphatic rings. The number of pyridine rings is 1. The summed E-state index contributed by atoms with van der Waals surface area (Å²) in [6.07, 6.45) is 6.31. The zero-order chi connectivity index (χ0) is 14.4. The van der Waals surface area contributed by atoms with Crippen LogP contribution in [0.4, 0.5) is 4.39 Å². The Hall–Kier alpha value is -1.16. The van der Waals surface area contributed by atoms with Crippen molar-refractivity contribution in [3.05, 3.63) is 23.6 Å². The maximum absolute atomic E-state index is 13.3. The summed E-state index contributed by atoms with van der Waals surface area (Å²) in [5.74, 6) is 1.48. The van der Waals surface area contributed by atoms with Gasteiger partial charge in [0.2, 0.25) is 5.88 Å². The van der Waals surface area contributed by atoms with Crippen LogP contribution >= 0.6 is 0 Å². The zero-order valence-corrected chi connectivity index (χ0v) is 12.5. The molecule has 0 amide bonds. The van der Waals surface area contributed by atoms with E-state index in [0.29, 0.717) is 30.9 Å². The van der Waals surface area contributed by atoms with Gasteiger partial charge in [0.25, 0.3) is 0 Å². The van der Waals surface area contributed by atoms with E-state index >= 15 is 0 Å². The molecule has 1 heterocycles. The molecule has 1 saturated carbocycles. The fraction of sp³-hybridized carbons (Fsp3) is 0.688. The molecule has 0 atom stereocenters. The fourth-order valence-electron chi connectivity index (χ4n) is 2.59. The van der Waals surface area contributed by atoms with Gasteiger partial charge in [-0.3, -0.25) is 0 Å². The monoisotopic (exact) mass is 280 g/mol. The van der Waals surface area contributed by atoms with Crippen molar-refractivity contribution in [2.24, 2.45) is 11.8 Å². The van der Waals surface area contributed by atoms with Gasteiger partial charge >= 0.3 is 0 Å². The molecule has 1 aromatic heterocycles. The molecule has 0 radical (unpaired) electrons. The van der Waals surface area contributed by atoms with Crippen molar-refractivity contribution in [2.75, 3.05) is 13.2 Å². The van der Waals surface area contributed by atoms with E-state index in [0.717, 1.165) is 12.1 Å². The molecule has 0 aromatic carbocycles. The standard InChI is InChI=1S/C16H25FN2O/c1-12(2)8-18-9-14-7-15(17)10-19-16(14)20-11-13-5-3-4-6-13/h7,10,12-13,18H,3-6,8-9,11H2,1-2H3. The van der Waals surface area contributed by atoms with E-state index in [1.807, 2.05) is 0 Å². The molecule has 1 fully saturated rings. The van der Waals surface area contributed by atoms with Crippen molar-refractivity contribution in [3.63, 3.8) is 0 Å². The van der Waals surface area contributed by atoms with E-state index < -0.39 is 0 Å². The number of ether oxygens (including phenoxy) is 1. The van der Waals surface area contributed by atoms with Gasteiger partial charge in [-0.25, -0.2) is 9.37 Å². The average molecular weight is 280 g/mol. The average Bonchev–Trinajstić information content (AvgIpc) is 2.90. The lowest BCUT2D eigenvalue weighted by Gasteiger charge is -2.14. The topological polar surface area (TPSA) is 34.2 Å². The molecule has 2 rings (SSSR count). The highest BCUT2D eigenvalue weighted by Gasteiger charge is 2.17. The lowest BCUT2D eigenvalue weighted by atomic mass is 10.1. The quantitative estimate of drug-likeness (QED) is 0.829. The first-order valence-electron chi connectivity index (χ1n) is 7.63. The minimum Gasteiger partial charge on any atom is -0.477 e. The van der Waals surface area contributed by atoms with Crippen molar-refractivity contribution in [2.45, 2.75) is 46.1 Å². The summed E-state index contributed by atoms with van der Waals surface area (Å²) >= 11 is 0. The number of hydrogen-bond acceptors (Lipinski definition) is 3. The highest BCUT2D eigenvalue weighted by atomic mass is 19.1. The molecule has 0 bridgehead atoms. The normalized spacial score (nSPS) is 16.0. The van der Waals surface area contributed by atoms with Crippen LogP contribution in [0.25, 0.3) is 0 Å². The van der Waals surface area contributed by atoms with E-state index in [2.05, 4.69) is 24.1 Å². The smallest absolute Gasteiger partial charge is 0.218 e. The number of hydrogen-bond donors (Lipinski definition) is 1. The molecule has 4 heteroatoms. The van der Waals surface area contributed by atoms with Gasteiger partial charge < -0.3 is 10.1 Å². The molecule has 3 nitrogen and oxygen atoms in total. The van der Waals surface area contributed by atoms with E-state index in [9.17, 15) is 4.39 Å². The lowest BCUT2D eigenvalue weighted by molar-refractivity contribution is 0.240. The van der Waals surface area contributed by atoms with Crippen LogP contribution in [-0.4, -0.2) is 18.1 Å². The molecular formula is C16H25FN2O. The van der Waals surface area contributed by atoms with E-state index in [1.165, 1.54) is 37.9 Å². The summed E-state index contributed by atoms with van der Waals surface area (Å²) in [6, 6.07) is 1.52. The molecule has 1 aliphatic carbocycles. The van der Waals surface area contributed by atoms with E-state index in [4.69, 9.17) is 4.74 Å². The van der Waals surface area contributed by atoms with Gasteiger partial charge in [0, 0.05) is 12.1 Å². The first kappa shape index (κ1) is 15.2. The highest BCUT2D eigenvalue weighted by Crippen LogP contribution is 2.26. The summed E-state index contributed by atoms with van der Waals surface area (Å²) < 4.78 is 19.1. The van der Waals surface area contributed by atoms with Crippen LogP contribution in [0.5, 0.6) is 5.88 Å². The predicted octanol–water partition coefficient (Wildman–Crippen LogP) is 3.54. The third kappa shape index (κ3) is 4.75. The van der Waals surface area contributed by atoms with Crippen molar-refractivity contribution >= 4 is 0 Å². The van der Waals surface area contributed by atoms with Crippen LogP contribution in [-0.2, 0) is 6.54 Å². The van der Waals surface area contributed by atoms with Crippen LogP contribution < -0.4 is 10.1 Å². The molecule has 112 valence electrons. The highest BCUT2D eigenvalue weighted by molar-refractivity contribution is 5.26. The van der Waals surface area contributed by atoms with Gasteiger partial charge in [-0.1, -0.05) is 26.7 Å². The van der Waals surface area contributed by atoms with Gasteiger partial charge in [-0.2, -0.15) is 0 Å². The SMILES string of the molecule is CC(C)CNCc1cc(F)cnc1OCC1CCCC1. The first-order chi connectivity index (χ1) is 9.65. The van der Waals surface area contributed by atoms with Gasteiger partial charge in [-0.05, 0) is 37.3 Å². The molecule has 1 aromatic rings. The third-order valence-corrected chi connectivity index (χ3v) is 3.69. The Morgan fingerprint density at radius 2 is 2.15 bits per heavy atom. The first-order valence-corrected chi connectivity index (χ1v) is 7.63. The van der Waals surface area contributed by atoms with Gasteiger partial charge in [0.1, 0.15) is 5.82 Å². The Bertz CT molecular complexity index is 417. The summed E-state index contributed by atoms with van der Waals surface area (Å²) in [7, 11) is 0. The maximum atomic E-state index is 13.3. The zero-order valence-electron chi connectivity index (χ0n) is 12.5. The third-order valence-electron chi connectivity index (χ3n) is 3.69. The Morgan fingerprint density at radius 1 is 1.40 bits per heavy atom. The van der Waals surface area contributed by atoms with Gasteiger partial charge in [0.15, 0.2) is 0 Å². The largest absolute Gasteiger partial charge is 0.477 e. The van der Waals surface area contributed by atoms with Crippen LogP contribution in [0.2, 0.25) is 0 Å². The van der Waals surface area contributed by atoms with Crippen LogP contribution in [0.15, 0.2) is 12.3 Å². The fourth-order valence-corrected chi connectivity index (χ4v) is 2.59. The molecular weight excluding hydrogens is 255 g/mol. The number of nitrogens with one attached hydrogen (secondary N) is 1. The molecule has 0 spiro atoms. The minimum absolute atomic E-state index is 0.306. The Morgan fingerprint density at radius 3 is 2.85 bits per heavy atom. The van der Waals surface area contributed by atoms with Crippen LogP contribution in [0, 0.1) is 17.7 Å². The second-order valence-corrected chi connectivity index (χ2v) is 6.10. The van der Waals surface area contributed by atoms with Crippen molar-refractivity contribution in [1.29, 1.82) is 0 Å². The number of nitrogens with zero attached hydrogens (tertiary/aromatic N) is 1. The summed E-state index contributed by atoms with van der Waals surface area (Å²) in [4.78, 5) is 4.10. The lowest BCUT2D eigenvalue weighted by Crippen LogP contribution is -2.20. The van der Waals surface area contributed by atoms with E-state index in [1.54, 1.807) is 0 Å².